The summed E-state index contributed by atoms with van der Waals surface area (Å²) < 4.78 is 38.0. The first-order valence-electron chi connectivity index (χ1n) is 6.96. The predicted molar refractivity (Wildman–Crippen MR) is 84.7 cm³/mol. The summed E-state index contributed by atoms with van der Waals surface area (Å²) in [5.74, 6) is -1.37. The molecule has 23 heavy (non-hydrogen) atoms. The number of sulfone groups is 1. The van der Waals surface area contributed by atoms with E-state index in [1.165, 1.54) is 18.2 Å². The minimum absolute atomic E-state index is 0.0575. The van der Waals surface area contributed by atoms with Crippen LogP contribution in [0.15, 0.2) is 47.4 Å². The maximum Gasteiger partial charge on any atom is 0.254 e. The SMILES string of the molecule is O=C(N[C@H]1CCS(=O)(=O)c2ccccc21)c1ccc(Cl)cc1F. The molecule has 3 rings (SSSR count). The van der Waals surface area contributed by atoms with Crippen LogP contribution in [0.4, 0.5) is 4.39 Å². The lowest BCUT2D eigenvalue weighted by atomic mass is 10.0. The Morgan fingerprint density at radius 2 is 1.96 bits per heavy atom. The predicted octanol–water partition coefficient (Wildman–Crippen LogP) is 3.13. The van der Waals surface area contributed by atoms with Crippen molar-refractivity contribution in [1.82, 2.24) is 5.32 Å². The van der Waals surface area contributed by atoms with E-state index in [-0.39, 0.29) is 27.7 Å². The first-order chi connectivity index (χ1) is 10.9. The molecule has 1 amide bonds. The van der Waals surface area contributed by atoms with Crippen molar-refractivity contribution in [2.24, 2.45) is 0 Å². The van der Waals surface area contributed by atoms with Gasteiger partial charge in [-0.3, -0.25) is 4.79 Å². The Labute approximate surface area is 138 Å². The van der Waals surface area contributed by atoms with E-state index < -0.39 is 27.6 Å². The van der Waals surface area contributed by atoms with Crippen LogP contribution in [0.5, 0.6) is 0 Å². The summed E-state index contributed by atoms with van der Waals surface area (Å²) in [5, 5.41) is 2.90. The molecular weight excluding hydrogens is 341 g/mol. The average Bonchev–Trinajstić information content (AvgIpc) is 2.50. The van der Waals surface area contributed by atoms with E-state index in [2.05, 4.69) is 5.32 Å². The molecule has 0 radical (unpaired) electrons. The van der Waals surface area contributed by atoms with Gasteiger partial charge < -0.3 is 5.32 Å². The third-order valence-electron chi connectivity index (χ3n) is 3.79. The number of hydrogen-bond acceptors (Lipinski definition) is 3. The van der Waals surface area contributed by atoms with Gasteiger partial charge in [-0.05, 0) is 36.2 Å². The number of carbonyl (C=O) groups excluding carboxylic acids is 1. The van der Waals surface area contributed by atoms with Gasteiger partial charge in [0.15, 0.2) is 9.84 Å². The van der Waals surface area contributed by atoms with Crippen LogP contribution in [0, 0.1) is 5.82 Å². The summed E-state index contributed by atoms with van der Waals surface area (Å²) in [6, 6.07) is 9.85. The van der Waals surface area contributed by atoms with Crippen LogP contribution < -0.4 is 5.32 Å². The van der Waals surface area contributed by atoms with Crippen LogP contribution in [-0.4, -0.2) is 20.1 Å². The summed E-state index contributed by atoms with van der Waals surface area (Å²) in [6.45, 7) is 0. The normalized spacial score (nSPS) is 19.0. The number of rotatable bonds is 2. The summed E-state index contributed by atoms with van der Waals surface area (Å²) in [7, 11) is -3.33. The standard InChI is InChI=1S/C16H13ClFNO3S/c17-10-5-6-11(13(18)9-10)16(20)19-14-7-8-23(21,22)15-4-2-1-3-12(14)15/h1-6,9,14H,7-8H2,(H,19,20)/t14-/m0/s1. The molecule has 0 fully saturated rings. The molecular formula is C16H13ClFNO3S. The quantitative estimate of drug-likeness (QED) is 0.902. The molecule has 2 aromatic rings. The van der Waals surface area contributed by atoms with Gasteiger partial charge in [0.25, 0.3) is 5.91 Å². The van der Waals surface area contributed by atoms with Gasteiger partial charge >= 0.3 is 0 Å². The fourth-order valence-corrected chi connectivity index (χ4v) is 4.43. The monoisotopic (exact) mass is 353 g/mol. The fraction of sp³-hybridized carbons (Fsp3) is 0.188. The Bertz CT molecular complexity index is 883. The Kier molecular flexibility index (Phi) is 4.12. The van der Waals surface area contributed by atoms with Crippen molar-refractivity contribution in [1.29, 1.82) is 0 Å². The number of benzene rings is 2. The van der Waals surface area contributed by atoms with E-state index >= 15 is 0 Å². The van der Waals surface area contributed by atoms with E-state index in [4.69, 9.17) is 11.6 Å². The van der Waals surface area contributed by atoms with Gasteiger partial charge in [-0.2, -0.15) is 0 Å². The van der Waals surface area contributed by atoms with Crippen molar-refractivity contribution in [2.45, 2.75) is 17.4 Å². The Morgan fingerprint density at radius 3 is 2.70 bits per heavy atom. The first kappa shape index (κ1) is 16.0. The van der Waals surface area contributed by atoms with Gasteiger partial charge in [0.1, 0.15) is 5.82 Å². The lowest BCUT2D eigenvalue weighted by molar-refractivity contribution is 0.0930. The second-order valence-corrected chi connectivity index (χ2v) is 7.81. The van der Waals surface area contributed by atoms with E-state index in [0.717, 1.165) is 6.07 Å². The Morgan fingerprint density at radius 1 is 1.22 bits per heavy atom. The highest BCUT2D eigenvalue weighted by molar-refractivity contribution is 7.91. The molecule has 0 bridgehead atoms. The van der Waals surface area contributed by atoms with Gasteiger partial charge in [-0.15, -0.1) is 0 Å². The largest absolute Gasteiger partial charge is 0.345 e. The molecule has 0 unspecified atom stereocenters. The van der Waals surface area contributed by atoms with Crippen LogP contribution >= 0.6 is 11.6 Å². The summed E-state index contributed by atoms with van der Waals surface area (Å²) in [5.41, 5.74) is 0.404. The third-order valence-corrected chi connectivity index (χ3v) is 5.84. The number of nitrogens with one attached hydrogen (secondary N) is 1. The molecule has 1 atom stereocenters. The molecule has 0 saturated carbocycles. The second kappa shape index (κ2) is 5.94. The van der Waals surface area contributed by atoms with E-state index in [1.807, 2.05) is 0 Å². The number of halogens is 2. The van der Waals surface area contributed by atoms with Crippen molar-refractivity contribution in [3.05, 3.63) is 64.4 Å². The second-order valence-electron chi connectivity index (χ2n) is 5.30. The average molecular weight is 354 g/mol. The van der Waals surface area contributed by atoms with Crippen LogP contribution in [0.2, 0.25) is 5.02 Å². The number of carbonyl (C=O) groups is 1. The summed E-state index contributed by atoms with van der Waals surface area (Å²) >= 11 is 5.67. The maximum atomic E-state index is 13.8. The zero-order valence-electron chi connectivity index (χ0n) is 11.9. The summed E-state index contributed by atoms with van der Waals surface area (Å²) in [4.78, 5) is 12.5. The fourth-order valence-electron chi connectivity index (χ4n) is 2.65. The van der Waals surface area contributed by atoms with Gasteiger partial charge in [-0.25, -0.2) is 12.8 Å². The van der Waals surface area contributed by atoms with E-state index in [9.17, 15) is 17.6 Å². The van der Waals surface area contributed by atoms with E-state index in [1.54, 1.807) is 18.2 Å². The van der Waals surface area contributed by atoms with Gasteiger partial charge in [0.05, 0.1) is 22.3 Å². The molecule has 0 spiro atoms. The highest BCUT2D eigenvalue weighted by Crippen LogP contribution is 2.32. The number of fused-ring (bicyclic) bond motifs is 1. The van der Waals surface area contributed by atoms with Crippen molar-refractivity contribution in [2.75, 3.05) is 5.75 Å². The van der Waals surface area contributed by atoms with Crippen LogP contribution in [0.25, 0.3) is 0 Å². The minimum atomic E-state index is -3.33. The highest BCUT2D eigenvalue weighted by Gasteiger charge is 2.31. The smallest absolute Gasteiger partial charge is 0.254 e. The van der Waals surface area contributed by atoms with Gasteiger partial charge in [0.2, 0.25) is 0 Å². The molecule has 1 aliphatic heterocycles. The minimum Gasteiger partial charge on any atom is -0.345 e. The van der Waals surface area contributed by atoms with Crippen LogP contribution in [-0.2, 0) is 9.84 Å². The lowest BCUT2D eigenvalue weighted by Gasteiger charge is -2.26. The Hall–Kier alpha value is -1.92. The van der Waals surface area contributed by atoms with Crippen molar-refractivity contribution in [3.8, 4) is 0 Å². The van der Waals surface area contributed by atoms with Crippen molar-refractivity contribution in [3.63, 3.8) is 0 Å². The third kappa shape index (κ3) is 3.09. The Balaban J connectivity index is 1.90. The molecule has 2 aromatic carbocycles. The molecule has 7 heteroatoms. The van der Waals surface area contributed by atoms with Gasteiger partial charge in [-0.1, -0.05) is 29.8 Å². The molecule has 4 nitrogen and oxygen atoms in total. The topological polar surface area (TPSA) is 63.2 Å². The first-order valence-corrected chi connectivity index (χ1v) is 8.99. The molecule has 1 aliphatic rings. The number of amides is 1. The van der Waals surface area contributed by atoms with Crippen molar-refractivity contribution < 1.29 is 17.6 Å². The van der Waals surface area contributed by atoms with Crippen LogP contribution in [0.1, 0.15) is 28.4 Å². The maximum absolute atomic E-state index is 13.8. The molecule has 120 valence electrons. The number of hydrogen-bond donors (Lipinski definition) is 1. The molecule has 1 heterocycles. The molecule has 1 N–H and O–H groups in total. The van der Waals surface area contributed by atoms with E-state index in [0.29, 0.717) is 5.56 Å². The van der Waals surface area contributed by atoms with Gasteiger partial charge in [0, 0.05) is 5.02 Å². The summed E-state index contributed by atoms with van der Waals surface area (Å²) in [6.07, 6.45) is 0.250. The zero-order chi connectivity index (χ0) is 16.6. The lowest BCUT2D eigenvalue weighted by Crippen LogP contribution is -2.34. The van der Waals surface area contributed by atoms with Crippen molar-refractivity contribution >= 4 is 27.3 Å². The highest BCUT2D eigenvalue weighted by atomic mass is 35.5. The molecule has 0 aromatic heterocycles. The molecule has 0 saturated heterocycles. The molecule has 0 aliphatic carbocycles. The zero-order valence-corrected chi connectivity index (χ0v) is 13.5. The van der Waals surface area contributed by atoms with Crippen LogP contribution in [0.3, 0.4) is 0 Å².